The minimum Gasteiger partial charge on any atom is -0.271 e. The third kappa shape index (κ3) is 2.03. The van der Waals surface area contributed by atoms with E-state index in [4.69, 9.17) is 5.84 Å². The van der Waals surface area contributed by atoms with Crippen molar-refractivity contribution in [2.45, 2.75) is 39.2 Å². The molecule has 1 aliphatic carbocycles. The molecule has 1 atom stereocenters. The van der Waals surface area contributed by atoms with Crippen LogP contribution in [0.1, 0.15) is 42.1 Å². The molecule has 1 heterocycles. The molecule has 0 amide bonds. The van der Waals surface area contributed by atoms with Crippen LogP contribution >= 0.6 is 0 Å². The van der Waals surface area contributed by atoms with Gasteiger partial charge >= 0.3 is 0 Å². The van der Waals surface area contributed by atoms with Crippen LogP contribution in [0.3, 0.4) is 0 Å². The summed E-state index contributed by atoms with van der Waals surface area (Å²) in [7, 11) is 0. The maximum Gasteiger partial charge on any atom is 0.0662 e. The Labute approximate surface area is 91.1 Å². The normalized spacial score (nSPS) is 18.6. The van der Waals surface area contributed by atoms with E-state index in [1.165, 1.54) is 30.4 Å². The van der Waals surface area contributed by atoms with Crippen molar-refractivity contribution in [3.05, 3.63) is 29.1 Å². The SMILES string of the molecule is Cc1cnc(C(NN)C2CCC2)c(C)c1. The Bertz CT molecular complexity index is 345. The molecule has 0 bridgehead atoms. The Morgan fingerprint density at radius 1 is 1.47 bits per heavy atom. The van der Waals surface area contributed by atoms with Gasteiger partial charge in [-0.3, -0.25) is 16.3 Å². The first-order chi connectivity index (χ1) is 7.22. The van der Waals surface area contributed by atoms with Crippen LogP contribution in [-0.2, 0) is 0 Å². The zero-order chi connectivity index (χ0) is 10.8. The van der Waals surface area contributed by atoms with Crippen LogP contribution in [-0.4, -0.2) is 4.98 Å². The largest absolute Gasteiger partial charge is 0.271 e. The summed E-state index contributed by atoms with van der Waals surface area (Å²) in [5.41, 5.74) is 6.49. The van der Waals surface area contributed by atoms with Gasteiger partial charge in [0.15, 0.2) is 0 Å². The van der Waals surface area contributed by atoms with E-state index in [0.717, 1.165) is 5.69 Å². The number of nitrogens with one attached hydrogen (secondary N) is 1. The molecule has 0 saturated heterocycles. The maximum absolute atomic E-state index is 5.63. The molecule has 3 nitrogen and oxygen atoms in total. The molecule has 1 aliphatic rings. The van der Waals surface area contributed by atoms with Gasteiger partial charge in [0.05, 0.1) is 11.7 Å². The van der Waals surface area contributed by atoms with Crippen LogP contribution in [0, 0.1) is 19.8 Å². The fraction of sp³-hybridized carbons (Fsp3) is 0.583. The second-order valence-corrected chi connectivity index (χ2v) is 4.55. The zero-order valence-corrected chi connectivity index (χ0v) is 9.46. The lowest BCUT2D eigenvalue weighted by molar-refractivity contribution is 0.228. The van der Waals surface area contributed by atoms with Crippen molar-refractivity contribution in [1.29, 1.82) is 0 Å². The quantitative estimate of drug-likeness (QED) is 0.586. The molecule has 1 aromatic heterocycles. The lowest BCUT2D eigenvalue weighted by Gasteiger charge is -2.33. The van der Waals surface area contributed by atoms with Crippen molar-refractivity contribution >= 4 is 0 Å². The average Bonchev–Trinajstić information content (AvgIpc) is 2.12. The van der Waals surface area contributed by atoms with Gasteiger partial charge in [0.1, 0.15) is 0 Å². The zero-order valence-electron chi connectivity index (χ0n) is 9.46. The van der Waals surface area contributed by atoms with Crippen LogP contribution in [0.5, 0.6) is 0 Å². The van der Waals surface area contributed by atoms with E-state index in [1.54, 1.807) is 0 Å². The fourth-order valence-electron chi connectivity index (χ4n) is 2.26. The van der Waals surface area contributed by atoms with Gasteiger partial charge < -0.3 is 0 Å². The minimum absolute atomic E-state index is 0.236. The lowest BCUT2D eigenvalue weighted by atomic mass is 9.78. The molecule has 3 N–H and O–H groups in total. The predicted molar refractivity (Wildman–Crippen MR) is 61.1 cm³/mol. The Hall–Kier alpha value is -0.930. The highest BCUT2D eigenvalue weighted by Crippen LogP contribution is 2.37. The molecular formula is C12H19N3. The number of hydrazine groups is 1. The van der Waals surface area contributed by atoms with Gasteiger partial charge in [0.2, 0.25) is 0 Å². The van der Waals surface area contributed by atoms with Gasteiger partial charge in [0, 0.05) is 6.20 Å². The van der Waals surface area contributed by atoms with E-state index in [0.29, 0.717) is 5.92 Å². The number of aryl methyl sites for hydroxylation is 2. The van der Waals surface area contributed by atoms with Gasteiger partial charge in [-0.1, -0.05) is 12.5 Å². The number of nitrogens with two attached hydrogens (primary N) is 1. The number of pyridine rings is 1. The summed E-state index contributed by atoms with van der Waals surface area (Å²) in [6, 6.07) is 2.41. The smallest absolute Gasteiger partial charge is 0.0662 e. The first-order valence-electron chi connectivity index (χ1n) is 5.61. The molecule has 0 spiro atoms. The average molecular weight is 205 g/mol. The number of aromatic nitrogens is 1. The summed E-state index contributed by atoms with van der Waals surface area (Å²) in [6.07, 6.45) is 5.78. The van der Waals surface area contributed by atoms with Crippen LogP contribution in [0.25, 0.3) is 0 Å². The van der Waals surface area contributed by atoms with E-state index < -0.39 is 0 Å². The molecule has 0 aromatic carbocycles. The van der Waals surface area contributed by atoms with Gasteiger partial charge in [-0.15, -0.1) is 0 Å². The van der Waals surface area contributed by atoms with Crippen molar-refractivity contribution < 1.29 is 0 Å². The first kappa shape index (κ1) is 10.6. The van der Waals surface area contributed by atoms with Crippen LogP contribution in [0.4, 0.5) is 0 Å². The van der Waals surface area contributed by atoms with Crippen molar-refractivity contribution in [1.82, 2.24) is 10.4 Å². The summed E-state index contributed by atoms with van der Waals surface area (Å²) in [4.78, 5) is 4.51. The molecule has 1 saturated carbocycles. The highest BCUT2D eigenvalue weighted by atomic mass is 15.2. The second-order valence-electron chi connectivity index (χ2n) is 4.55. The first-order valence-corrected chi connectivity index (χ1v) is 5.61. The molecule has 1 aromatic rings. The number of hydrogen-bond donors (Lipinski definition) is 2. The standard InChI is InChI=1S/C12H19N3/c1-8-6-9(2)11(14-7-8)12(15-13)10-4-3-5-10/h6-7,10,12,15H,3-5,13H2,1-2H3. The second kappa shape index (κ2) is 4.29. The van der Waals surface area contributed by atoms with E-state index in [-0.39, 0.29) is 6.04 Å². The van der Waals surface area contributed by atoms with E-state index in [9.17, 15) is 0 Å². The van der Waals surface area contributed by atoms with Crippen molar-refractivity contribution in [2.24, 2.45) is 11.8 Å². The molecule has 0 radical (unpaired) electrons. The summed E-state index contributed by atoms with van der Waals surface area (Å²) >= 11 is 0. The lowest BCUT2D eigenvalue weighted by Crippen LogP contribution is -2.37. The molecular weight excluding hydrogens is 186 g/mol. The summed E-state index contributed by atoms with van der Waals surface area (Å²) in [6.45, 7) is 4.18. The predicted octanol–water partition coefficient (Wildman–Crippen LogP) is 2.00. The van der Waals surface area contributed by atoms with E-state index in [2.05, 4.69) is 30.3 Å². The van der Waals surface area contributed by atoms with Gasteiger partial charge in [-0.25, -0.2) is 0 Å². The molecule has 15 heavy (non-hydrogen) atoms. The summed E-state index contributed by atoms with van der Waals surface area (Å²) < 4.78 is 0. The number of hydrogen-bond acceptors (Lipinski definition) is 3. The minimum atomic E-state index is 0.236. The van der Waals surface area contributed by atoms with Crippen LogP contribution < -0.4 is 11.3 Å². The molecule has 1 unspecified atom stereocenters. The molecule has 82 valence electrons. The van der Waals surface area contributed by atoms with Crippen molar-refractivity contribution in [3.8, 4) is 0 Å². The van der Waals surface area contributed by atoms with Crippen LogP contribution in [0.2, 0.25) is 0 Å². The van der Waals surface area contributed by atoms with Crippen molar-refractivity contribution in [2.75, 3.05) is 0 Å². The molecule has 3 heteroatoms. The summed E-state index contributed by atoms with van der Waals surface area (Å²) in [5, 5.41) is 0. The topological polar surface area (TPSA) is 50.9 Å². The molecule has 2 rings (SSSR count). The monoisotopic (exact) mass is 205 g/mol. The van der Waals surface area contributed by atoms with Crippen molar-refractivity contribution in [3.63, 3.8) is 0 Å². The maximum atomic E-state index is 5.63. The van der Waals surface area contributed by atoms with Gasteiger partial charge in [0.25, 0.3) is 0 Å². The number of nitrogens with zero attached hydrogens (tertiary/aromatic N) is 1. The number of rotatable bonds is 3. The van der Waals surface area contributed by atoms with Gasteiger partial charge in [-0.2, -0.15) is 0 Å². The third-order valence-electron chi connectivity index (χ3n) is 3.35. The Morgan fingerprint density at radius 2 is 2.20 bits per heavy atom. The Morgan fingerprint density at radius 3 is 2.67 bits per heavy atom. The van der Waals surface area contributed by atoms with Crippen LogP contribution in [0.15, 0.2) is 12.3 Å². The molecule has 0 aliphatic heterocycles. The van der Waals surface area contributed by atoms with E-state index >= 15 is 0 Å². The fourth-order valence-corrected chi connectivity index (χ4v) is 2.26. The van der Waals surface area contributed by atoms with E-state index in [1.807, 2.05) is 6.20 Å². The molecule has 1 fully saturated rings. The Balaban J connectivity index is 2.25. The highest BCUT2D eigenvalue weighted by Gasteiger charge is 2.29. The Kier molecular flexibility index (Phi) is 3.03. The third-order valence-corrected chi connectivity index (χ3v) is 3.35. The van der Waals surface area contributed by atoms with Gasteiger partial charge in [-0.05, 0) is 43.7 Å². The summed E-state index contributed by atoms with van der Waals surface area (Å²) in [5.74, 6) is 6.30. The highest BCUT2D eigenvalue weighted by molar-refractivity contribution is 5.26.